The Morgan fingerprint density at radius 2 is 2.00 bits per heavy atom. The van der Waals surface area contributed by atoms with Gasteiger partial charge in [0.15, 0.2) is 0 Å². The van der Waals surface area contributed by atoms with E-state index in [0.29, 0.717) is 6.54 Å². The lowest BCUT2D eigenvalue weighted by Crippen LogP contribution is -2.63. The standard InChI is InChI=1S/C5H10FN.ClH/c1-5(2)4(6)3-7-5;/h4,7H,3H2,1-2H3;1H. The van der Waals surface area contributed by atoms with Gasteiger partial charge in [0.25, 0.3) is 0 Å². The lowest BCUT2D eigenvalue weighted by molar-refractivity contribution is 0.0883. The van der Waals surface area contributed by atoms with Crippen LogP contribution in [0.3, 0.4) is 0 Å². The third-order valence-electron chi connectivity index (χ3n) is 1.52. The van der Waals surface area contributed by atoms with Crippen molar-refractivity contribution < 1.29 is 4.39 Å². The van der Waals surface area contributed by atoms with Crippen molar-refractivity contribution in [3.63, 3.8) is 0 Å². The maximum absolute atomic E-state index is 12.2. The highest BCUT2D eigenvalue weighted by Gasteiger charge is 2.37. The molecule has 0 aromatic rings. The van der Waals surface area contributed by atoms with Gasteiger partial charge in [0.05, 0.1) is 0 Å². The number of halogens is 2. The number of hydrogen-bond donors (Lipinski definition) is 1. The molecular weight excluding hydrogens is 129 g/mol. The Morgan fingerprint density at radius 3 is 2.00 bits per heavy atom. The highest BCUT2D eigenvalue weighted by atomic mass is 35.5. The summed E-state index contributed by atoms with van der Waals surface area (Å²) < 4.78 is 12.2. The van der Waals surface area contributed by atoms with Crippen molar-refractivity contribution >= 4 is 12.4 Å². The molecule has 0 aromatic heterocycles. The van der Waals surface area contributed by atoms with Gasteiger partial charge in [0, 0.05) is 12.1 Å². The Kier molecular flexibility index (Phi) is 2.24. The van der Waals surface area contributed by atoms with E-state index < -0.39 is 6.17 Å². The van der Waals surface area contributed by atoms with E-state index in [1.165, 1.54) is 0 Å². The Morgan fingerprint density at radius 1 is 1.62 bits per heavy atom. The van der Waals surface area contributed by atoms with Gasteiger partial charge in [-0.3, -0.25) is 0 Å². The molecule has 3 heteroatoms. The first-order chi connectivity index (χ1) is 3.13. The highest BCUT2D eigenvalue weighted by molar-refractivity contribution is 5.85. The van der Waals surface area contributed by atoms with Gasteiger partial charge in [-0.25, -0.2) is 4.39 Å². The molecule has 1 atom stereocenters. The number of alkyl halides is 1. The summed E-state index contributed by atoms with van der Waals surface area (Å²) >= 11 is 0. The second kappa shape index (κ2) is 2.19. The average Bonchev–Trinajstić information content (AvgIpc) is 1.63. The summed E-state index contributed by atoms with van der Waals surface area (Å²) in [5.74, 6) is 0. The van der Waals surface area contributed by atoms with E-state index in [1.54, 1.807) is 0 Å². The molecule has 1 unspecified atom stereocenters. The second-order valence-corrected chi connectivity index (χ2v) is 2.57. The predicted molar refractivity (Wildman–Crippen MR) is 34.2 cm³/mol. The van der Waals surface area contributed by atoms with Crippen LogP contribution in [0.4, 0.5) is 4.39 Å². The van der Waals surface area contributed by atoms with Gasteiger partial charge < -0.3 is 5.32 Å². The van der Waals surface area contributed by atoms with Crippen LogP contribution in [0.2, 0.25) is 0 Å². The monoisotopic (exact) mass is 139 g/mol. The highest BCUT2D eigenvalue weighted by Crippen LogP contribution is 2.19. The molecule has 1 fully saturated rings. The Hall–Kier alpha value is 0.180. The first-order valence-corrected chi connectivity index (χ1v) is 2.52. The second-order valence-electron chi connectivity index (χ2n) is 2.57. The molecule has 1 saturated heterocycles. The average molecular weight is 140 g/mol. The molecule has 1 rings (SSSR count). The Balaban J connectivity index is 0.000000490. The van der Waals surface area contributed by atoms with Gasteiger partial charge in [0.2, 0.25) is 0 Å². The summed E-state index contributed by atoms with van der Waals surface area (Å²) in [6.45, 7) is 4.26. The van der Waals surface area contributed by atoms with Crippen molar-refractivity contribution in [3.05, 3.63) is 0 Å². The molecular formula is C5H11ClFN. The minimum absolute atomic E-state index is 0. The zero-order valence-electron chi connectivity index (χ0n) is 5.07. The van der Waals surface area contributed by atoms with Crippen LogP contribution in [0.1, 0.15) is 13.8 Å². The van der Waals surface area contributed by atoms with Crippen LogP contribution in [-0.4, -0.2) is 18.3 Å². The maximum Gasteiger partial charge on any atom is 0.130 e. The van der Waals surface area contributed by atoms with E-state index in [0.717, 1.165) is 0 Å². The van der Waals surface area contributed by atoms with E-state index in [1.807, 2.05) is 13.8 Å². The third-order valence-corrected chi connectivity index (χ3v) is 1.52. The molecule has 1 N–H and O–H groups in total. The van der Waals surface area contributed by atoms with Gasteiger partial charge >= 0.3 is 0 Å². The van der Waals surface area contributed by atoms with Gasteiger partial charge in [0.1, 0.15) is 6.17 Å². The molecule has 0 amide bonds. The molecule has 0 radical (unpaired) electrons. The van der Waals surface area contributed by atoms with E-state index >= 15 is 0 Å². The molecule has 0 bridgehead atoms. The number of rotatable bonds is 0. The summed E-state index contributed by atoms with van der Waals surface area (Å²) in [7, 11) is 0. The van der Waals surface area contributed by atoms with Crippen molar-refractivity contribution in [1.82, 2.24) is 5.32 Å². The van der Waals surface area contributed by atoms with E-state index in [4.69, 9.17) is 0 Å². The van der Waals surface area contributed by atoms with E-state index in [-0.39, 0.29) is 17.9 Å². The van der Waals surface area contributed by atoms with E-state index in [2.05, 4.69) is 5.32 Å². The van der Waals surface area contributed by atoms with E-state index in [9.17, 15) is 4.39 Å². The van der Waals surface area contributed by atoms with Gasteiger partial charge in [-0.1, -0.05) is 0 Å². The maximum atomic E-state index is 12.2. The molecule has 0 aromatic carbocycles. The molecule has 50 valence electrons. The summed E-state index contributed by atoms with van der Waals surface area (Å²) in [4.78, 5) is 0. The first kappa shape index (κ1) is 8.18. The zero-order valence-corrected chi connectivity index (χ0v) is 5.89. The predicted octanol–water partition coefficient (Wildman–Crippen LogP) is 1.13. The largest absolute Gasteiger partial charge is 0.306 e. The molecule has 8 heavy (non-hydrogen) atoms. The van der Waals surface area contributed by atoms with Crippen LogP contribution in [0.5, 0.6) is 0 Å². The summed E-state index contributed by atoms with van der Waals surface area (Å²) in [5.41, 5.74) is -0.236. The normalized spacial score (nSPS) is 32.6. The van der Waals surface area contributed by atoms with Gasteiger partial charge in [-0.2, -0.15) is 0 Å². The molecule has 1 aliphatic heterocycles. The zero-order chi connectivity index (χ0) is 5.49. The van der Waals surface area contributed by atoms with Crippen molar-refractivity contribution in [2.45, 2.75) is 25.6 Å². The lowest BCUT2D eigenvalue weighted by Gasteiger charge is -2.40. The van der Waals surface area contributed by atoms with Crippen LogP contribution in [-0.2, 0) is 0 Å². The van der Waals surface area contributed by atoms with Crippen LogP contribution in [0.25, 0.3) is 0 Å². The summed E-state index contributed by atoms with van der Waals surface area (Å²) in [5, 5.41) is 2.96. The van der Waals surface area contributed by atoms with Gasteiger partial charge in [-0.15, -0.1) is 12.4 Å². The quantitative estimate of drug-likeness (QED) is 0.531. The molecule has 1 aliphatic rings. The minimum atomic E-state index is -0.632. The Labute approximate surface area is 55.1 Å². The molecule has 1 heterocycles. The van der Waals surface area contributed by atoms with Crippen LogP contribution in [0.15, 0.2) is 0 Å². The number of hydrogen-bond acceptors (Lipinski definition) is 1. The summed E-state index contributed by atoms with van der Waals surface area (Å²) in [6, 6.07) is 0. The summed E-state index contributed by atoms with van der Waals surface area (Å²) in [6.07, 6.45) is -0.632. The smallest absolute Gasteiger partial charge is 0.130 e. The fraction of sp³-hybridized carbons (Fsp3) is 1.00. The van der Waals surface area contributed by atoms with Crippen molar-refractivity contribution in [1.29, 1.82) is 0 Å². The SMILES string of the molecule is CC1(C)NCC1F.Cl. The van der Waals surface area contributed by atoms with Crippen molar-refractivity contribution in [2.24, 2.45) is 0 Å². The van der Waals surface area contributed by atoms with Crippen LogP contribution in [0, 0.1) is 0 Å². The third kappa shape index (κ3) is 1.12. The molecule has 0 aliphatic carbocycles. The topological polar surface area (TPSA) is 12.0 Å². The first-order valence-electron chi connectivity index (χ1n) is 2.52. The minimum Gasteiger partial charge on any atom is -0.306 e. The van der Waals surface area contributed by atoms with Crippen molar-refractivity contribution in [3.8, 4) is 0 Å². The fourth-order valence-electron chi connectivity index (χ4n) is 0.587. The Bertz CT molecular complexity index is 84.5. The molecule has 0 saturated carbocycles. The number of nitrogens with one attached hydrogen (secondary N) is 1. The molecule has 1 nitrogen and oxygen atoms in total. The van der Waals surface area contributed by atoms with Crippen LogP contribution < -0.4 is 5.32 Å². The fourth-order valence-corrected chi connectivity index (χ4v) is 0.587. The van der Waals surface area contributed by atoms with Crippen molar-refractivity contribution in [2.75, 3.05) is 6.54 Å². The van der Waals surface area contributed by atoms with Crippen LogP contribution >= 0.6 is 12.4 Å². The van der Waals surface area contributed by atoms with Gasteiger partial charge in [-0.05, 0) is 13.8 Å². The molecule has 0 spiro atoms. The lowest BCUT2D eigenvalue weighted by atomic mass is 9.91.